The Labute approximate surface area is 393 Å². The first-order chi connectivity index (χ1) is 30.7. The van der Waals surface area contributed by atoms with Crippen molar-refractivity contribution in [2.75, 3.05) is 42.2 Å². The molecular formula is C44H46Cl4F3N3O11. The van der Waals surface area contributed by atoms with Gasteiger partial charge in [0.2, 0.25) is 5.91 Å². The molecule has 1 aliphatic rings. The number of nitrogens with zero attached hydrogens (tertiary/aromatic N) is 3. The number of nitro groups is 1. The molecule has 2 unspecified atom stereocenters. The molecule has 352 valence electrons. The lowest BCUT2D eigenvalue weighted by molar-refractivity contribution is -0.385. The minimum Gasteiger partial charge on any atom is -0.489 e. The van der Waals surface area contributed by atoms with Crippen molar-refractivity contribution < 1.29 is 61.0 Å². The summed E-state index contributed by atoms with van der Waals surface area (Å²) in [6.07, 6.45) is -5.07. The van der Waals surface area contributed by atoms with Crippen LogP contribution in [0.4, 0.5) is 30.2 Å². The second kappa shape index (κ2) is 25.4. The SMILES string of the molecule is CC1COc2ccccc2N1C(=O)C(Cl)Cl.CCOC(=O)C(C)OC(=O)c1cc(Oc2ccc(C(F)(F)F)cc2Cl)ccc1[N+](=O)[O-].CCOCN(C(=O)CCl)c1c(C)cccc1CC. The summed E-state index contributed by atoms with van der Waals surface area (Å²) in [6, 6.07) is 18.7. The zero-order valence-corrected chi connectivity index (χ0v) is 39.0. The van der Waals surface area contributed by atoms with E-state index < -0.39 is 50.8 Å². The van der Waals surface area contributed by atoms with Gasteiger partial charge in [-0.25, -0.2) is 9.59 Å². The number of anilines is 2. The van der Waals surface area contributed by atoms with Crippen LogP contribution in [-0.2, 0) is 41.2 Å². The summed E-state index contributed by atoms with van der Waals surface area (Å²) in [6.45, 7) is 11.9. The topological polar surface area (TPSA) is 164 Å². The van der Waals surface area contributed by atoms with E-state index in [1.807, 2.05) is 63.2 Å². The van der Waals surface area contributed by atoms with Crippen LogP contribution in [0, 0.1) is 17.0 Å². The number of carbonyl (C=O) groups excluding carboxylic acids is 4. The molecule has 2 amide bonds. The van der Waals surface area contributed by atoms with E-state index >= 15 is 0 Å². The standard InChI is InChI=1S/C19H15ClF3NO7.C14H20ClNO2.C11H11Cl2NO2/c1-3-29-17(25)10(2)30-18(26)13-9-12(5-6-15(13)24(27)28)31-16-7-4-11(8-14(16)20)19(21,22)23;1-4-12-8-6-7-11(3)14(12)16(10-18-5-2)13(17)9-15;1-7-6-16-9-5-3-2-4-8(9)14(7)11(15)10(12)13/h4-10H,3H2,1-2H3;6-8H,4-5,9-10H2,1-3H3;2-5,7,10H,6H2,1H3. The van der Waals surface area contributed by atoms with Gasteiger partial charge in [-0.05, 0) is 88.6 Å². The van der Waals surface area contributed by atoms with Crippen LogP contribution in [-0.4, -0.2) is 78.1 Å². The van der Waals surface area contributed by atoms with E-state index in [4.69, 9.17) is 70.1 Å². The number of halogens is 7. The van der Waals surface area contributed by atoms with Crippen molar-refractivity contribution in [1.29, 1.82) is 0 Å². The molecule has 65 heavy (non-hydrogen) atoms. The van der Waals surface area contributed by atoms with Crippen molar-refractivity contribution >= 4 is 87.2 Å². The third kappa shape index (κ3) is 15.1. The maximum absolute atomic E-state index is 12.8. The van der Waals surface area contributed by atoms with Crippen molar-refractivity contribution in [2.24, 2.45) is 0 Å². The molecule has 1 heterocycles. The molecule has 0 N–H and O–H groups in total. The number of carbonyl (C=O) groups is 4. The van der Waals surface area contributed by atoms with Gasteiger partial charge in [0.1, 0.15) is 42.0 Å². The molecule has 0 radical (unpaired) electrons. The second-order valence-corrected chi connectivity index (χ2v) is 15.4. The quantitative estimate of drug-likeness (QED) is 0.0388. The smallest absolute Gasteiger partial charge is 0.416 e. The van der Waals surface area contributed by atoms with E-state index in [0.717, 1.165) is 59.3 Å². The lowest BCUT2D eigenvalue weighted by Crippen LogP contribution is -2.47. The molecule has 0 fully saturated rings. The number of fused-ring (bicyclic) bond motifs is 1. The number of aryl methyl sites for hydroxylation is 2. The molecular weight excluding hydrogens is 945 g/mol. The van der Waals surface area contributed by atoms with E-state index in [9.17, 15) is 42.5 Å². The summed E-state index contributed by atoms with van der Waals surface area (Å²) in [5, 5.41) is 10.9. The van der Waals surface area contributed by atoms with Crippen LogP contribution in [0.1, 0.15) is 61.7 Å². The number of benzene rings is 4. The Hall–Kier alpha value is -5.33. The van der Waals surface area contributed by atoms with Crippen LogP contribution in [0.3, 0.4) is 0 Å². The highest BCUT2D eigenvalue weighted by atomic mass is 35.5. The molecule has 4 aromatic carbocycles. The molecule has 1 aliphatic heterocycles. The largest absolute Gasteiger partial charge is 0.489 e. The number of amides is 2. The minimum atomic E-state index is -4.61. The molecule has 14 nitrogen and oxygen atoms in total. The number of esters is 2. The van der Waals surface area contributed by atoms with Crippen LogP contribution in [0.2, 0.25) is 5.02 Å². The predicted octanol–water partition coefficient (Wildman–Crippen LogP) is 10.9. The highest BCUT2D eigenvalue weighted by Gasteiger charge is 2.33. The summed E-state index contributed by atoms with van der Waals surface area (Å²) in [5.74, 6) is -2.15. The molecule has 0 spiro atoms. The van der Waals surface area contributed by atoms with Gasteiger partial charge in [-0.2, -0.15) is 13.2 Å². The minimum absolute atomic E-state index is 0.0371. The number of alkyl halides is 6. The van der Waals surface area contributed by atoms with E-state index in [1.54, 1.807) is 16.7 Å². The van der Waals surface area contributed by atoms with Crippen molar-refractivity contribution in [2.45, 2.75) is 71.1 Å². The van der Waals surface area contributed by atoms with Gasteiger partial charge in [0.05, 0.1) is 39.5 Å². The Morgan fingerprint density at radius 1 is 0.985 bits per heavy atom. The molecule has 2 atom stereocenters. The lowest BCUT2D eigenvalue weighted by Gasteiger charge is -2.35. The van der Waals surface area contributed by atoms with Crippen molar-refractivity contribution in [1.82, 2.24) is 0 Å². The summed E-state index contributed by atoms with van der Waals surface area (Å²) in [5.41, 5.74) is 1.68. The number of para-hydroxylation sites is 3. The maximum Gasteiger partial charge on any atom is 0.416 e. The highest BCUT2D eigenvalue weighted by Crippen LogP contribution is 2.38. The van der Waals surface area contributed by atoms with Gasteiger partial charge in [-0.1, -0.05) is 72.1 Å². The van der Waals surface area contributed by atoms with Gasteiger partial charge < -0.3 is 28.6 Å². The number of ether oxygens (including phenoxy) is 5. The fraction of sp³-hybridized carbons (Fsp3) is 0.364. The molecule has 0 saturated heterocycles. The molecule has 0 saturated carbocycles. The molecule has 21 heteroatoms. The first-order valence-corrected chi connectivity index (χ1v) is 21.5. The van der Waals surface area contributed by atoms with Crippen LogP contribution < -0.4 is 19.3 Å². The average Bonchev–Trinajstić information content (AvgIpc) is 3.27. The van der Waals surface area contributed by atoms with Crippen LogP contribution in [0.15, 0.2) is 78.9 Å². The molecule has 0 aromatic heterocycles. The maximum atomic E-state index is 12.8. The van der Waals surface area contributed by atoms with E-state index in [-0.39, 0.29) is 53.6 Å². The average molecular weight is 992 g/mol. The monoisotopic (exact) mass is 989 g/mol. The Morgan fingerprint density at radius 2 is 1.68 bits per heavy atom. The number of rotatable bonds is 14. The van der Waals surface area contributed by atoms with Crippen LogP contribution >= 0.6 is 46.4 Å². The van der Waals surface area contributed by atoms with Crippen molar-refractivity contribution in [3.05, 3.63) is 116 Å². The second-order valence-electron chi connectivity index (χ2n) is 13.6. The van der Waals surface area contributed by atoms with Crippen LogP contribution in [0.25, 0.3) is 0 Å². The number of hydrogen-bond donors (Lipinski definition) is 0. The predicted molar refractivity (Wildman–Crippen MR) is 241 cm³/mol. The fourth-order valence-corrected chi connectivity index (χ4v) is 6.54. The first kappa shape index (κ1) is 54.0. The van der Waals surface area contributed by atoms with E-state index in [0.29, 0.717) is 25.0 Å². The third-order valence-electron chi connectivity index (χ3n) is 9.06. The lowest BCUT2D eigenvalue weighted by atomic mass is 10.0. The highest BCUT2D eigenvalue weighted by molar-refractivity contribution is 6.54. The number of hydrogen-bond acceptors (Lipinski definition) is 11. The van der Waals surface area contributed by atoms with Gasteiger partial charge in [0, 0.05) is 18.7 Å². The molecule has 5 rings (SSSR count). The summed E-state index contributed by atoms with van der Waals surface area (Å²) in [4.78, 5) is 60.4. The fourth-order valence-electron chi connectivity index (χ4n) is 5.97. The Balaban J connectivity index is 0.000000280. The Morgan fingerprint density at radius 3 is 2.26 bits per heavy atom. The zero-order valence-electron chi connectivity index (χ0n) is 36.0. The van der Waals surface area contributed by atoms with Gasteiger partial charge >= 0.3 is 18.1 Å². The van der Waals surface area contributed by atoms with Crippen molar-refractivity contribution in [3.63, 3.8) is 0 Å². The number of nitro benzene ring substituents is 1. The zero-order chi connectivity index (χ0) is 48.6. The Bertz CT molecular complexity index is 2300. The van der Waals surface area contributed by atoms with Gasteiger partial charge in [-0.15, -0.1) is 11.6 Å². The third-order valence-corrected chi connectivity index (χ3v) is 9.95. The van der Waals surface area contributed by atoms with Crippen LogP contribution in [0.5, 0.6) is 17.2 Å². The van der Waals surface area contributed by atoms with E-state index in [2.05, 4.69) is 6.92 Å². The van der Waals surface area contributed by atoms with Gasteiger partial charge in [0.15, 0.2) is 10.9 Å². The van der Waals surface area contributed by atoms with Gasteiger partial charge in [0.25, 0.3) is 11.6 Å². The molecule has 0 aliphatic carbocycles. The molecule has 4 aromatic rings. The molecule has 0 bridgehead atoms. The van der Waals surface area contributed by atoms with Crippen molar-refractivity contribution in [3.8, 4) is 17.2 Å². The Kier molecular flexibility index (Phi) is 21.1. The van der Waals surface area contributed by atoms with Gasteiger partial charge in [-0.3, -0.25) is 24.6 Å². The summed E-state index contributed by atoms with van der Waals surface area (Å²) in [7, 11) is 0. The summed E-state index contributed by atoms with van der Waals surface area (Å²) >= 11 is 22.8. The normalized spacial score (nSPS) is 13.4. The summed E-state index contributed by atoms with van der Waals surface area (Å²) < 4.78 is 64.1. The first-order valence-electron chi connectivity index (χ1n) is 19.8. The van der Waals surface area contributed by atoms with E-state index in [1.165, 1.54) is 6.92 Å².